The first-order chi connectivity index (χ1) is 13.0. The topological polar surface area (TPSA) is 75.7 Å². The fraction of sp³-hybridized carbons (Fsp3) is 0.650. The van der Waals surface area contributed by atoms with Gasteiger partial charge in [0.15, 0.2) is 0 Å². The van der Waals surface area contributed by atoms with Gasteiger partial charge in [-0.05, 0) is 37.3 Å². The molecule has 0 spiro atoms. The van der Waals surface area contributed by atoms with Gasteiger partial charge in [0.1, 0.15) is 0 Å². The summed E-state index contributed by atoms with van der Waals surface area (Å²) in [4.78, 5) is 12.4. The molecule has 1 aliphatic rings. The lowest BCUT2D eigenvalue weighted by molar-refractivity contribution is -0.126. The summed E-state index contributed by atoms with van der Waals surface area (Å²) in [5, 5.41) is 2.98. The molecule has 0 radical (unpaired) electrons. The van der Waals surface area contributed by atoms with Crippen molar-refractivity contribution in [1.29, 1.82) is 0 Å². The van der Waals surface area contributed by atoms with Crippen LogP contribution in [0.3, 0.4) is 0 Å². The second-order valence-electron chi connectivity index (χ2n) is 7.01. The molecule has 1 heterocycles. The van der Waals surface area contributed by atoms with Crippen LogP contribution in [0.1, 0.15) is 50.7 Å². The van der Waals surface area contributed by atoms with Crippen molar-refractivity contribution in [2.45, 2.75) is 52.7 Å². The van der Waals surface area contributed by atoms with Crippen LogP contribution in [-0.2, 0) is 32.7 Å². The van der Waals surface area contributed by atoms with Crippen LogP contribution in [0.15, 0.2) is 24.3 Å². The Kier molecular flexibility index (Phi) is 8.73. The number of rotatable bonds is 10. The number of piperidine rings is 1. The monoisotopic (exact) mass is 396 g/mol. The number of carbonyl (C=O) groups is 1. The largest absolute Gasteiger partial charge is 0.377 e. The predicted molar refractivity (Wildman–Crippen MR) is 107 cm³/mol. The van der Waals surface area contributed by atoms with E-state index >= 15 is 0 Å². The molecule has 1 aromatic rings. The Morgan fingerprint density at radius 2 is 1.78 bits per heavy atom. The molecule has 152 valence electrons. The predicted octanol–water partition coefficient (Wildman–Crippen LogP) is 2.68. The van der Waals surface area contributed by atoms with E-state index in [-0.39, 0.29) is 17.6 Å². The van der Waals surface area contributed by atoms with E-state index in [1.54, 1.807) is 4.31 Å². The van der Waals surface area contributed by atoms with Gasteiger partial charge in [-0.25, -0.2) is 12.7 Å². The van der Waals surface area contributed by atoms with E-state index < -0.39 is 10.0 Å². The summed E-state index contributed by atoms with van der Waals surface area (Å²) in [6.45, 7) is 6.61. The lowest BCUT2D eigenvalue weighted by atomic mass is 9.97. The van der Waals surface area contributed by atoms with Gasteiger partial charge in [-0.2, -0.15) is 0 Å². The van der Waals surface area contributed by atoms with Gasteiger partial charge in [0.25, 0.3) is 0 Å². The number of benzene rings is 1. The number of ether oxygens (including phenoxy) is 1. The SMILES string of the molecule is CCCCS(=O)(=O)N1CCC(C(=O)NCc2ccc(COCC)cc2)CC1. The Bertz CT molecular complexity index is 680. The number of hydrogen-bond acceptors (Lipinski definition) is 4. The Balaban J connectivity index is 1.76. The summed E-state index contributed by atoms with van der Waals surface area (Å²) in [7, 11) is -3.17. The standard InChI is InChI=1S/C20H32N2O4S/c1-3-5-14-27(24,25)22-12-10-19(11-13-22)20(23)21-15-17-6-8-18(9-7-17)16-26-4-2/h6-9,19H,3-5,10-16H2,1-2H3,(H,21,23). The van der Waals surface area contributed by atoms with Gasteiger partial charge in [-0.15, -0.1) is 0 Å². The second kappa shape index (κ2) is 10.8. The van der Waals surface area contributed by atoms with Crippen LogP contribution in [-0.4, -0.2) is 44.1 Å². The van der Waals surface area contributed by atoms with E-state index in [2.05, 4.69) is 5.32 Å². The Morgan fingerprint density at radius 1 is 1.15 bits per heavy atom. The van der Waals surface area contributed by atoms with E-state index in [9.17, 15) is 13.2 Å². The third-order valence-corrected chi connectivity index (χ3v) is 6.89. The Hall–Kier alpha value is -1.44. The first kappa shape index (κ1) is 21.9. The molecule has 0 unspecified atom stereocenters. The summed E-state index contributed by atoms with van der Waals surface area (Å²) < 4.78 is 31.4. The van der Waals surface area contributed by atoms with E-state index in [1.807, 2.05) is 38.1 Å². The van der Waals surface area contributed by atoms with Gasteiger partial charge in [0, 0.05) is 32.2 Å². The van der Waals surface area contributed by atoms with Crippen molar-refractivity contribution >= 4 is 15.9 Å². The van der Waals surface area contributed by atoms with Crippen LogP contribution in [0.25, 0.3) is 0 Å². The molecular weight excluding hydrogens is 364 g/mol. The number of amides is 1. The highest BCUT2D eigenvalue weighted by molar-refractivity contribution is 7.89. The lowest BCUT2D eigenvalue weighted by Gasteiger charge is -2.30. The Morgan fingerprint density at radius 3 is 2.37 bits per heavy atom. The van der Waals surface area contributed by atoms with Crippen molar-refractivity contribution in [3.63, 3.8) is 0 Å². The van der Waals surface area contributed by atoms with Gasteiger partial charge >= 0.3 is 0 Å². The van der Waals surface area contributed by atoms with Crippen molar-refractivity contribution in [2.75, 3.05) is 25.4 Å². The van der Waals surface area contributed by atoms with Crippen molar-refractivity contribution in [2.24, 2.45) is 5.92 Å². The minimum absolute atomic E-state index is 0.0130. The minimum atomic E-state index is -3.17. The second-order valence-corrected chi connectivity index (χ2v) is 9.10. The summed E-state index contributed by atoms with van der Waals surface area (Å²) in [5.41, 5.74) is 2.16. The average Bonchev–Trinajstić information content (AvgIpc) is 2.70. The Labute approximate surface area is 163 Å². The van der Waals surface area contributed by atoms with E-state index in [0.717, 1.165) is 17.5 Å². The lowest BCUT2D eigenvalue weighted by Crippen LogP contribution is -2.43. The molecule has 0 aliphatic carbocycles. The van der Waals surface area contributed by atoms with E-state index in [0.29, 0.717) is 52.1 Å². The maximum Gasteiger partial charge on any atom is 0.223 e. The number of hydrogen-bond donors (Lipinski definition) is 1. The first-order valence-electron chi connectivity index (χ1n) is 9.87. The maximum absolute atomic E-state index is 12.4. The maximum atomic E-state index is 12.4. The van der Waals surface area contributed by atoms with E-state index in [1.165, 1.54) is 0 Å². The molecule has 7 heteroatoms. The molecular formula is C20H32N2O4S. The van der Waals surface area contributed by atoms with Crippen LogP contribution in [0, 0.1) is 5.92 Å². The molecule has 1 aliphatic heterocycles. The summed E-state index contributed by atoms with van der Waals surface area (Å²) in [6.07, 6.45) is 2.73. The van der Waals surface area contributed by atoms with Crippen LogP contribution < -0.4 is 5.32 Å². The smallest absolute Gasteiger partial charge is 0.223 e. The molecule has 1 saturated heterocycles. The molecule has 0 bridgehead atoms. The number of sulfonamides is 1. The summed E-state index contributed by atoms with van der Waals surface area (Å²) in [5.74, 6) is 0.110. The highest BCUT2D eigenvalue weighted by atomic mass is 32.2. The third kappa shape index (κ3) is 6.90. The normalized spacial score (nSPS) is 16.4. The van der Waals surface area contributed by atoms with Crippen LogP contribution >= 0.6 is 0 Å². The zero-order valence-electron chi connectivity index (χ0n) is 16.4. The fourth-order valence-corrected chi connectivity index (χ4v) is 4.84. The van der Waals surface area contributed by atoms with Gasteiger partial charge in [-0.1, -0.05) is 37.6 Å². The molecule has 0 aromatic heterocycles. The number of carbonyl (C=O) groups excluding carboxylic acids is 1. The van der Waals surface area contributed by atoms with Crippen LogP contribution in [0.2, 0.25) is 0 Å². The molecule has 1 N–H and O–H groups in total. The van der Waals surface area contributed by atoms with Crippen LogP contribution in [0.4, 0.5) is 0 Å². The van der Waals surface area contributed by atoms with Crippen molar-refractivity contribution < 1.29 is 17.9 Å². The molecule has 0 saturated carbocycles. The van der Waals surface area contributed by atoms with Gasteiger partial charge in [-0.3, -0.25) is 4.79 Å². The van der Waals surface area contributed by atoms with Crippen LogP contribution in [0.5, 0.6) is 0 Å². The first-order valence-corrected chi connectivity index (χ1v) is 11.5. The summed E-state index contributed by atoms with van der Waals surface area (Å²) >= 11 is 0. The molecule has 0 atom stereocenters. The minimum Gasteiger partial charge on any atom is -0.377 e. The number of unbranched alkanes of at least 4 members (excludes halogenated alkanes) is 1. The zero-order valence-corrected chi connectivity index (χ0v) is 17.3. The van der Waals surface area contributed by atoms with Gasteiger partial charge < -0.3 is 10.1 Å². The highest BCUT2D eigenvalue weighted by Gasteiger charge is 2.30. The zero-order chi connectivity index (χ0) is 19.7. The van der Waals surface area contributed by atoms with Crippen molar-refractivity contribution in [1.82, 2.24) is 9.62 Å². The molecule has 1 amide bonds. The fourth-order valence-electron chi connectivity index (χ4n) is 3.16. The number of nitrogens with one attached hydrogen (secondary N) is 1. The van der Waals surface area contributed by atoms with Gasteiger partial charge in [0.05, 0.1) is 12.4 Å². The van der Waals surface area contributed by atoms with Crippen molar-refractivity contribution in [3.05, 3.63) is 35.4 Å². The van der Waals surface area contributed by atoms with Crippen molar-refractivity contribution in [3.8, 4) is 0 Å². The molecule has 27 heavy (non-hydrogen) atoms. The molecule has 6 nitrogen and oxygen atoms in total. The quantitative estimate of drug-likeness (QED) is 0.660. The van der Waals surface area contributed by atoms with Gasteiger partial charge in [0.2, 0.25) is 15.9 Å². The molecule has 1 fully saturated rings. The number of nitrogens with zero attached hydrogens (tertiary/aromatic N) is 1. The molecule has 1 aromatic carbocycles. The third-order valence-electron chi connectivity index (χ3n) is 4.94. The summed E-state index contributed by atoms with van der Waals surface area (Å²) in [6, 6.07) is 8.02. The molecule has 2 rings (SSSR count). The average molecular weight is 397 g/mol. The highest BCUT2D eigenvalue weighted by Crippen LogP contribution is 2.20. The van der Waals surface area contributed by atoms with E-state index in [4.69, 9.17) is 4.74 Å².